The molecule has 1 atom stereocenters. The largest absolute Gasteiger partial charge is 0.357 e. The van der Waals surface area contributed by atoms with Crippen molar-refractivity contribution >= 4 is 39.3 Å². The lowest BCUT2D eigenvalue weighted by molar-refractivity contribution is -0.139. The van der Waals surface area contributed by atoms with Crippen molar-refractivity contribution in [2.75, 3.05) is 24.2 Å². The van der Waals surface area contributed by atoms with Crippen LogP contribution in [0.4, 0.5) is 5.69 Å². The third-order valence-corrected chi connectivity index (χ3v) is 8.63. The molecule has 0 aliphatic carbocycles. The maximum absolute atomic E-state index is 13.8. The molecule has 196 valence electrons. The predicted molar refractivity (Wildman–Crippen MR) is 149 cm³/mol. The Hall–Kier alpha value is -3.30. The predicted octanol–water partition coefficient (Wildman–Crippen LogP) is 4.38. The number of carbonyl (C=O) groups excluding carboxylic acids is 2. The fourth-order valence-corrected chi connectivity index (χ4v) is 5.74. The molecule has 2 amide bonds. The van der Waals surface area contributed by atoms with Gasteiger partial charge < -0.3 is 10.2 Å². The van der Waals surface area contributed by atoms with Gasteiger partial charge in [-0.1, -0.05) is 47.5 Å². The summed E-state index contributed by atoms with van der Waals surface area (Å²) < 4.78 is 28.7. The van der Waals surface area contributed by atoms with E-state index in [-0.39, 0.29) is 17.3 Å². The van der Waals surface area contributed by atoms with Crippen molar-refractivity contribution in [1.29, 1.82) is 0 Å². The van der Waals surface area contributed by atoms with E-state index < -0.39 is 28.5 Å². The van der Waals surface area contributed by atoms with Crippen LogP contribution in [0.3, 0.4) is 0 Å². The van der Waals surface area contributed by atoms with Crippen LogP contribution >= 0.6 is 11.8 Å². The summed E-state index contributed by atoms with van der Waals surface area (Å²) in [7, 11) is -2.57. The molecular weight excluding hydrogens is 506 g/mol. The van der Waals surface area contributed by atoms with E-state index in [0.717, 1.165) is 25.9 Å². The number of carbonyl (C=O) groups is 2. The van der Waals surface area contributed by atoms with Crippen molar-refractivity contribution in [3.8, 4) is 0 Å². The molecule has 3 aromatic rings. The molecule has 37 heavy (non-hydrogen) atoms. The highest BCUT2D eigenvalue weighted by atomic mass is 32.2. The molecule has 0 aliphatic rings. The first-order chi connectivity index (χ1) is 17.6. The van der Waals surface area contributed by atoms with Crippen molar-refractivity contribution in [1.82, 2.24) is 10.2 Å². The van der Waals surface area contributed by atoms with Crippen LogP contribution in [0.5, 0.6) is 0 Å². The number of benzene rings is 3. The topological polar surface area (TPSA) is 86.8 Å². The van der Waals surface area contributed by atoms with Crippen LogP contribution in [0.1, 0.15) is 23.6 Å². The molecule has 0 heterocycles. The zero-order chi connectivity index (χ0) is 27.2. The highest BCUT2D eigenvalue weighted by Gasteiger charge is 2.32. The van der Waals surface area contributed by atoms with Gasteiger partial charge in [-0.15, -0.1) is 11.8 Å². The molecule has 7 nitrogen and oxygen atoms in total. The van der Waals surface area contributed by atoms with E-state index in [2.05, 4.69) is 5.32 Å². The first-order valence-corrected chi connectivity index (χ1v) is 14.5. The Morgan fingerprint density at radius 1 is 0.946 bits per heavy atom. The Labute approximate surface area is 223 Å². The molecule has 3 aromatic carbocycles. The molecule has 0 radical (unpaired) electrons. The summed E-state index contributed by atoms with van der Waals surface area (Å²) in [6.45, 7) is 5.20. The number of nitrogens with zero attached hydrogens (tertiary/aromatic N) is 2. The molecule has 1 unspecified atom stereocenters. The second-order valence-electron chi connectivity index (χ2n) is 8.82. The van der Waals surface area contributed by atoms with E-state index in [4.69, 9.17) is 0 Å². The van der Waals surface area contributed by atoms with Crippen molar-refractivity contribution in [3.05, 3.63) is 89.5 Å². The van der Waals surface area contributed by atoms with Gasteiger partial charge in [-0.05, 0) is 69.0 Å². The lowest BCUT2D eigenvalue weighted by Crippen LogP contribution is -2.50. The van der Waals surface area contributed by atoms with Crippen LogP contribution in [0.25, 0.3) is 0 Å². The molecule has 0 aliphatic heterocycles. The lowest BCUT2D eigenvalue weighted by Gasteiger charge is -2.32. The molecule has 0 fully saturated rings. The number of hydrogen-bond acceptors (Lipinski definition) is 5. The third-order valence-electron chi connectivity index (χ3n) is 6.10. The molecule has 3 rings (SSSR count). The molecule has 9 heteroatoms. The second-order valence-corrected chi connectivity index (χ2v) is 11.6. The van der Waals surface area contributed by atoms with Gasteiger partial charge >= 0.3 is 0 Å². The minimum absolute atomic E-state index is 0.0864. The normalized spacial score (nSPS) is 12.0. The van der Waals surface area contributed by atoms with Gasteiger partial charge in [0.25, 0.3) is 10.0 Å². The highest BCUT2D eigenvalue weighted by molar-refractivity contribution is 7.98. The first-order valence-electron chi connectivity index (χ1n) is 11.9. The van der Waals surface area contributed by atoms with Gasteiger partial charge in [0, 0.05) is 18.5 Å². The quantitative estimate of drug-likeness (QED) is 0.387. The van der Waals surface area contributed by atoms with Gasteiger partial charge in [-0.3, -0.25) is 13.9 Å². The lowest BCUT2D eigenvalue weighted by atomic mass is 10.1. The molecule has 0 saturated heterocycles. The summed E-state index contributed by atoms with van der Waals surface area (Å²) >= 11 is 1.51. The summed E-state index contributed by atoms with van der Waals surface area (Å²) in [5, 5.41) is 2.59. The van der Waals surface area contributed by atoms with E-state index in [1.165, 1.54) is 23.7 Å². The number of rotatable bonds is 10. The summed E-state index contributed by atoms with van der Waals surface area (Å²) in [4.78, 5) is 28.7. The van der Waals surface area contributed by atoms with E-state index in [1.54, 1.807) is 55.5 Å². The maximum atomic E-state index is 13.8. The second kappa shape index (κ2) is 12.3. The van der Waals surface area contributed by atoms with Crippen LogP contribution in [-0.2, 0) is 26.2 Å². The SMILES string of the molecule is CNC(=O)C(C)N(Cc1cccc(C)c1)C(=O)CN(c1ccc(C)cc1)S(=O)(=O)c1ccc(SC)cc1. The summed E-state index contributed by atoms with van der Waals surface area (Å²) in [5.41, 5.74) is 3.21. The fraction of sp³-hybridized carbons (Fsp3) is 0.286. The number of sulfonamides is 1. The van der Waals surface area contributed by atoms with E-state index >= 15 is 0 Å². The van der Waals surface area contributed by atoms with Gasteiger partial charge in [0.15, 0.2) is 0 Å². The standard InChI is InChI=1S/C28H33N3O4S2/c1-20-9-11-24(12-10-20)31(37(34,35)26-15-13-25(36-5)14-16-26)19-27(32)30(22(3)28(33)29-4)18-23-8-6-7-21(2)17-23/h6-17,22H,18-19H2,1-5H3,(H,29,33). The number of hydrogen-bond donors (Lipinski definition) is 1. The van der Waals surface area contributed by atoms with Gasteiger partial charge in [-0.25, -0.2) is 8.42 Å². The molecule has 0 bridgehead atoms. The Bertz CT molecular complexity index is 1340. The average molecular weight is 540 g/mol. The molecular formula is C28H33N3O4S2. The van der Waals surface area contributed by atoms with E-state index in [9.17, 15) is 18.0 Å². The van der Waals surface area contributed by atoms with Gasteiger partial charge in [0.05, 0.1) is 10.6 Å². The smallest absolute Gasteiger partial charge is 0.264 e. The van der Waals surface area contributed by atoms with E-state index in [1.807, 2.05) is 44.4 Å². The highest BCUT2D eigenvalue weighted by Crippen LogP contribution is 2.26. The van der Waals surface area contributed by atoms with Crippen molar-refractivity contribution in [3.63, 3.8) is 0 Å². The summed E-state index contributed by atoms with van der Waals surface area (Å²) in [6.07, 6.45) is 1.91. The number of aryl methyl sites for hydroxylation is 2. The Morgan fingerprint density at radius 3 is 2.16 bits per heavy atom. The Balaban J connectivity index is 2.02. The zero-order valence-corrected chi connectivity index (χ0v) is 23.4. The van der Waals surface area contributed by atoms with Crippen LogP contribution in [0, 0.1) is 13.8 Å². The molecule has 1 N–H and O–H groups in total. The minimum atomic E-state index is -4.08. The van der Waals surface area contributed by atoms with Gasteiger partial charge in [0.1, 0.15) is 12.6 Å². The number of amides is 2. The number of likely N-dealkylation sites (N-methyl/N-ethyl adjacent to an activating group) is 1. The van der Waals surface area contributed by atoms with Crippen molar-refractivity contribution in [2.45, 2.75) is 43.1 Å². The maximum Gasteiger partial charge on any atom is 0.264 e. The van der Waals surface area contributed by atoms with Gasteiger partial charge in [-0.2, -0.15) is 0 Å². The first kappa shape index (κ1) is 28.3. The van der Waals surface area contributed by atoms with Crippen LogP contribution in [0.2, 0.25) is 0 Å². The average Bonchev–Trinajstić information content (AvgIpc) is 2.90. The number of anilines is 1. The van der Waals surface area contributed by atoms with Crippen molar-refractivity contribution in [2.24, 2.45) is 0 Å². The number of thioether (sulfide) groups is 1. The molecule has 0 saturated carbocycles. The minimum Gasteiger partial charge on any atom is -0.357 e. The third kappa shape index (κ3) is 6.93. The van der Waals surface area contributed by atoms with Crippen LogP contribution in [0.15, 0.2) is 82.6 Å². The fourth-order valence-electron chi connectivity index (χ4n) is 3.91. The van der Waals surface area contributed by atoms with Crippen molar-refractivity contribution < 1.29 is 18.0 Å². The van der Waals surface area contributed by atoms with Gasteiger partial charge in [0.2, 0.25) is 11.8 Å². The van der Waals surface area contributed by atoms with E-state index in [0.29, 0.717) is 5.69 Å². The summed E-state index contributed by atoms with van der Waals surface area (Å²) in [5.74, 6) is -0.819. The Morgan fingerprint density at radius 2 is 1.59 bits per heavy atom. The Kier molecular flexibility index (Phi) is 9.39. The van der Waals surface area contributed by atoms with Crippen LogP contribution in [-0.4, -0.2) is 51.0 Å². The number of nitrogens with one attached hydrogen (secondary N) is 1. The monoisotopic (exact) mass is 539 g/mol. The molecule has 0 aromatic heterocycles. The molecule has 0 spiro atoms. The summed E-state index contributed by atoms with van der Waals surface area (Å²) in [6, 6.07) is 20.4. The zero-order valence-electron chi connectivity index (χ0n) is 21.8. The van der Waals surface area contributed by atoms with Crippen LogP contribution < -0.4 is 9.62 Å².